The van der Waals surface area contributed by atoms with Crippen LogP contribution < -0.4 is 9.73 Å². The zero-order valence-electron chi connectivity index (χ0n) is 17.5. The zero-order chi connectivity index (χ0) is 21.6. The van der Waals surface area contributed by atoms with Gasteiger partial charge in [-0.1, -0.05) is 54.6 Å². The summed E-state index contributed by atoms with van der Waals surface area (Å²) in [6.45, 7) is 7.48. The number of hydrogen-bond acceptors (Lipinski definition) is 4. The molecule has 0 unspecified atom stereocenters. The van der Waals surface area contributed by atoms with Gasteiger partial charge in [0.05, 0.1) is 11.1 Å². The second-order valence-electron chi connectivity index (χ2n) is 7.21. The van der Waals surface area contributed by atoms with Gasteiger partial charge in [-0.05, 0) is 61.2 Å². The SMILES string of the molecule is CCN(Cc1ccccc1)c1ccc(/C=N/NS(=O)(=O)c2cc(C)ccc2C)cc1. The molecule has 0 bridgehead atoms. The van der Waals surface area contributed by atoms with Crippen molar-refractivity contribution in [2.75, 3.05) is 11.4 Å². The van der Waals surface area contributed by atoms with Crippen LogP contribution in [0.25, 0.3) is 0 Å². The number of hydrogen-bond donors (Lipinski definition) is 1. The predicted octanol–water partition coefficient (Wildman–Crippen LogP) is 4.64. The van der Waals surface area contributed by atoms with Gasteiger partial charge >= 0.3 is 0 Å². The van der Waals surface area contributed by atoms with Crippen LogP contribution in [-0.4, -0.2) is 21.2 Å². The van der Waals surface area contributed by atoms with Crippen LogP contribution in [0.15, 0.2) is 82.8 Å². The lowest BCUT2D eigenvalue weighted by Gasteiger charge is -2.23. The molecule has 0 amide bonds. The summed E-state index contributed by atoms with van der Waals surface area (Å²) < 4.78 is 25.0. The van der Waals surface area contributed by atoms with Crippen LogP contribution in [0.2, 0.25) is 0 Å². The summed E-state index contributed by atoms with van der Waals surface area (Å²) >= 11 is 0. The molecule has 0 fully saturated rings. The van der Waals surface area contributed by atoms with Crippen molar-refractivity contribution in [3.63, 3.8) is 0 Å². The molecular weight excluding hydrogens is 394 g/mol. The molecule has 5 nitrogen and oxygen atoms in total. The Morgan fingerprint density at radius 3 is 2.33 bits per heavy atom. The molecule has 1 N–H and O–H groups in total. The van der Waals surface area contributed by atoms with Crippen molar-refractivity contribution < 1.29 is 8.42 Å². The minimum Gasteiger partial charge on any atom is -0.367 e. The number of hydrazone groups is 1. The Morgan fingerprint density at radius 1 is 0.967 bits per heavy atom. The van der Waals surface area contributed by atoms with E-state index in [0.29, 0.717) is 5.56 Å². The highest BCUT2D eigenvalue weighted by Gasteiger charge is 2.15. The highest BCUT2D eigenvalue weighted by atomic mass is 32.2. The minimum absolute atomic E-state index is 0.245. The van der Waals surface area contributed by atoms with Crippen LogP contribution in [0.5, 0.6) is 0 Å². The molecule has 0 aromatic heterocycles. The minimum atomic E-state index is -3.70. The molecule has 3 aromatic carbocycles. The molecule has 0 aliphatic carbocycles. The number of aryl methyl sites for hydroxylation is 2. The average Bonchev–Trinajstić information content (AvgIpc) is 2.75. The summed E-state index contributed by atoms with van der Waals surface area (Å²) in [4.78, 5) is 4.83. The van der Waals surface area contributed by atoms with Crippen molar-refractivity contribution in [3.05, 3.63) is 95.1 Å². The van der Waals surface area contributed by atoms with Crippen molar-refractivity contribution in [2.45, 2.75) is 32.2 Å². The molecule has 0 heterocycles. The van der Waals surface area contributed by atoms with E-state index in [4.69, 9.17) is 0 Å². The number of benzene rings is 3. The van der Waals surface area contributed by atoms with Gasteiger partial charge < -0.3 is 4.90 Å². The lowest BCUT2D eigenvalue weighted by atomic mass is 10.1. The third-order valence-corrected chi connectivity index (χ3v) is 6.24. The van der Waals surface area contributed by atoms with E-state index in [1.54, 1.807) is 19.1 Å². The highest BCUT2D eigenvalue weighted by molar-refractivity contribution is 7.89. The topological polar surface area (TPSA) is 61.8 Å². The highest BCUT2D eigenvalue weighted by Crippen LogP contribution is 2.18. The summed E-state index contributed by atoms with van der Waals surface area (Å²) in [6.07, 6.45) is 1.51. The van der Waals surface area contributed by atoms with Crippen LogP contribution in [0, 0.1) is 13.8 Å². The fraction of sp³-hybridized carbons (Fsp3) is 0.208. The van der Waals surface area contributed by atoms with E-state index < -0.39 is 10.0 Å². The zero-order valence-corrected chi connectivity index (χ0v) is 18.4. The van der Waals surface area contributed by atoms with Gasteiger partial charge in [-0.25, -0.2) is 4.83 Å². The monoisotopic (exact) mass is 421 g/mol. The number of nitrogens with zero attached hydrogens (tertiary/aromatic N) is 2. The van der Waals surface area contributed by atoms with Gasteiger partial charge in [-0.3, -0.25) is 0 Å². The predicted molar refractivity (Wildman–Crippen MR) is 123 cm³/mol. The Bertz CT molecular complexity index is 1110. The largest absolute Gasteiger partial charge is 0.367 e. The fourth-order valence-electron chi connectivity index (χ4n) is 3.18. The van der Waals surface area contributed by atoms with E-state index >= 15 is 0 Å². The Hall–Kier alpha value is -3.12. The third kappa shape index (κ3) is 5.48. The fourth-order valence-corrected chi connectivity index (χ4v) is 4.30. The Morgan fingerprint density at radius 2 is 1.67 bits per heavy atom. The van der Waals surface area contributed by atoms with E-state index in [1.807, 2.05) is 55.5 Å². The van der Waals surface area contributed by atoms with E-state index in [1.165, 1.54) is 11.8 Å². The maximum Gasteiger partial charge on any atom is 0.276 e. The Kier molecular flexibility index (Phi) is 6.90. The first-order chi connectivity index (χ1) is 14.4. The summed E-state index contributed by atoms with van der Waals surface area (Å²) in [7, 11) is -3.70. The van der Waals surface area contributed by atoms with E-state index in [0.717, 1.165) is 29.9 Å². The standard InChI is InChI=1S/C24H27N3O2S/c1-4-27(18-22-8-6-5-7-9-22)23-14-12-21(13-15-23)17-25-26-30(28,29)24-16-19(2)10-11-20(24)3/h5-17,26H,4,18H2,1-3H3/b25-17+. The quantitative estimate of drug-likeness (QED) is 0.426. The van der Waals surface area contributed by atoms with Gasteiger partial charge in [-0.15, -0.1) is 0 Å². The van der Waals surface area contributed by atoms with Gasteiger partial charge in [0, 0.05) is 18.8 Å². The van der Waals surface area contributed by atoms with Gasteiger partial charge in [0.25, 0.3) is 10.0 Å². The maximum atomic E-state index is 12.5. The molecule has 0 atom stereocenters. The third-order valence-electron chi connectivity index (χ3n) is 4.88. The summed E-state index contributed by atoms with van der Waals surface area (Å²) in [5.41, 5.74) is 4.75. The number of nitrogens with one attached hydrogen (secondary N) is 1. The molecule has 0 saturated carbocycles. The molecule has 0 aliphatic rings. The lowest BCUT2D eigenvalue weighted by molar-refractivity contribution is 0.584. The molecule has 0 spiro atoms. The van der Waals surface area contributed by atoms with Crippen molar-refractivity contribution in [2.24, 2.45) is 5.10 Å². The second kappa shape index (κ2) is 9.59. The van der Waals surface area contributed by atoms with E-state index in [-0.39, 0.29) is 4.90 Å². The first-order valence-corrected chi connectivity index (χ1v) is 11.4. The van der Waals surface area contributed by atoms with Crippen molar-refractivity contribution in [1.29, 1.82) is 0 Å². The van der Waals surface area contributed by atoms with Crippen molar-refractivity contribution >= 4 is 21.9 Å². The molecule has 3 aromatic rings. The van der Waals surface area contributed by atoms with Crippen LogP contribution in [0.1, 0.15) is 29.2 Å². The molecule has 0 saturated heterocycles. The second-order valence-corrected chi connectivity index (χ2v) is 8.84. The van der Waals surface area contributed by atoms with Crippen LogP contribution in [0.3, 0.4) is 0 Å². The van der Waals surface area contributed by atoms with Crippen LogP contribution >= 0.6 is 0 Å². The van der Waals surface area contributed by atoms with Crippen LogP contribution in [-0.2, 0) is 16.6 Å². The Labute approximate surface area is 179 Å². The van der Waals surface area contributed by atoms with E-state index in [2.05, 4.69) is 33.9 Å². The molecule has 0 radical (unpaired) electrons. The average molecular weight is 422 g/mol. The summed E-state index contributed by atoms with van der Waals surface area (Å²) in [5, 5.41) is 3.95. The van der Waals surface area contributed by atoms with Gasteiger partial charge in [0.15, 0.2) is 0 Å². The number of rotatable bonds is 8. The molecule has 3 rings (SSSR count). The van der Waals surface area contributed by atoms with Crippen molar-refractivity contribution in [1.82, 2.24) is 4.83 Å². The normalized spacial score (nSPS) is 11.6. The molecule has 30 heavy (non-hydrogen) atoms. The van der Waals surface area contributed by atoms with Crippen LogP contribution in [0.4, 0.5) is 5.69 Å². The molecule has 6 heteroatoms. The molecular formula is C24H27N3O2S. The van der Waals surface area contributed by atoms with Gasteiger partial charge in [-0.2, -0.15) is 13.5 Å². The van der Waals surface area contributed by atoms with Gasteiger partial charge in [0.1, 0.15) is 0 Å². The summed E-state index contributed by atoms with van der Waals surface area (Å²) in [5.74, 6) is 0. The first kappa shape index (κ1) is 21.6. The van der Waals surface area contributed by atoms with E-state index in [9.17, 15) is 8.42 Å². The smallest absolute Gasteiger partial charge is 0.276 e. The molecule has 156 valence electrons. The number of anilines is 1. The Balaban J connectivity index is 1.67. The van der Waals surface area contributed by atoms with Crippen molar-refractivity contribution in [3.8, 4) is 0 Å². The summed E-state index contributed by atoms with van der Waals surface area (Å²) in [6, 6.07) is 23.6. The maximum absolute atomic E-state index is 12.5. The lowest BCUT2D eigenvalue weighted by Crippen LogP contribution is -2.21. The first-order valence-electron chi connectivity index (χ1n) is 9.90. The van der Waals surface area contributed by atoms with Gasteiger partial charge in [0.2, 0.25) is 0 Å². The number of sulfonamides is 1. The molecule has 0 aliphatic heterocycles.